The molecule has 0 aliphatic carbocycles. The van der Waals surface area contributed by atoms with E-state index in [2.05, 4.69) is 4.98 Å². The van der Waals surface area contributed by atoms with Crippen LogP contribution in [-0.4, -0.2) is 26.7 Å². The fourth-order valence-corrected chi connectivity index (χ4v) is 2.36. The average molecular weight is 265 g/mol. The highest BCUT2D eigenvalue weighted by Crippen LogP contribution is 2.32. The Hall–Kier alpha value is -1.82. The number of anilines is 2. The normalized spacial score (nSPS) is 11.7. The van der Waals surface area contributed by atoms with Gasteiger partial charge in [-0.05, 0) is 31.2 Å². The fraction of sp³-hybridized carbons (Fsp3) is 0.250. The number of aryl methyl sites for hydroxylation is 1. The number of hydrogen-bond donors (Lipinski definition) is 1. The molecule has 0 fully saturated rings. The largest absolute Gasteiger partial charge is 0.397 e. The molecule has 0 aliphatic rings. The predicted octanol–water partition coefficient (Wildman–Crippen LogP) is 1.52. The van der Waals surface area contributed by atoms with Crippen LogP contribution in [0, 0.1) is 6.92 Å². The third kappa shape index (κ3) is 2.11. The molecule has 96 valence electrons. The maximum Gasteiger partial charge on any atom is 0.232 e. The van der Waals surface area contributed by atoms with Crippen LogP contribution in [0.5, 0.6) is 0 Å². The van der Waals surface area contributed by atoms with E-state index in [1.54, 1.807) is 12.1 Å². The Labute approximate surface area is 106 Å². The minimum absolute atomic E-state index is 0.418. The van der Waals surface area contributed by atoms with Crippen molar-refractivity contribution in [1.29, 1.82) is 0 Å². The van der Waals surface area contributed by atoms with Crippen molar-refractivity contribution in [3.05, 3.63) is 30.0 Å². The van der Waals surface area contributed by atoms with Crippen molar-refractivity contribution in [2.24, 2.45) is 0 Å². The van der Waals surface area contributed by atoms with E-state index in [1.807, 2.05) is 19.1 Å². The van der Waals surface area contributed by atoms with Gasteiger partial charge in [-0.2, -0.15) is 0 Å². The molecule has 0 saturated carbocycles. The van der Waals surface area contributed by atoms with Crippen molar-refractivity contribution in [3.63, 3.8) is 0 Å². The van der Waals surface area contributed by atoms with E-state index in [0.29, 0.717) is 11.4 Å². The summed E-state index contributed by atoms with van der Waals surface area (Å²) in [7, 11) is -1.87. The van der Waals surface area contributed by atoms with Crippen LogP contribution < -0.4 is 10.0 Å². The summed E-state index contributed by atoms with van der Waals surface area (Å²) in [5.41, 5.74) is 8.39. The van der Waals surface area contributed by atoms with Crippen LogP contribution in [0.2, 0.25) is 0 Å². The smallest absolute Gasteiger partial charge is 0.232 e. The second-order valence-corrected chi connectivity index (χ2v) is 6.27. The van der Waals surface area contributed by atoms with E-state index in [0.717, 1.165) is 22.9 Å². The number of fused-ring (bicyclic) bond motifs is 1. The van der Waals surface area contributed by atoms with E-state index in [9.17, 15) is 8.42 Å². The van der Waals surface area contributed by atoms with Gasteiger partial charge in [0.25, 0.3) is 0 Å². The predicted molar refractivity (Wildman–Crippen MR) is 74.1 cm³/mol. The number of aromatic nitrogens is 1. The van der Waals surface area contributed by atoms with Gasteiger partial charge in [-0.15, -0.1) is 0 Å². The molecular weight excluding hydrogens is 250 g/mol. The topological polar surface area (TPSA) is 76.3 Å². The minimum atomic E-state index is -3.35. The number of nitrogens with two attached hydrogens (primary N) is 1. The third-order valence-electron chi connectivity index (χ3n) is 2.83. The lowest BCUT2D eigenvalue weighted by molar-refractivity contribution is 0.600. The summed E-state index contributed by atoms with van der Waals surface area (Å²) in [6.45, 7) is 1.88. The zero-order chi connectivity index (χ0) is 13.5. The number of sulfonamides is 1. The number of pyridine rings is 1. The van der Waals surface area contributed by atoms with Crippen molar-refractivity contribution in [3.8, 4) is 0 Å². The van der Waals surface area contributed by atoms with Crippen molar-refractivity contribution in [2.75, 3.05) is 23.3 Å². The first-order valence-electron chi connectivity index (χ1n) is 5.40. The van der Waals surface area contributed by atoms with Gasteiger partial charge < -0.3 is 5.73 Å². The number of nitrogens with zero attached hydrogens (tertiary/aromatic N) is 2. The average Bonchev–Trinajstić information content (AvgIpc) is 2.27. The van der Waals surface area contributed by atoms with Gasteiger partial charge in [0.1, 0.15) is 0 Å². The highest BCUT2D eigenvalue weighted by Gasteiger charge is 2.18. The van der Waals surface area contributed by atoms with Crippen molar-refractivity contribution >= 4 is 32.3 Å². The van der Waals surface area contributed by atoms with E-state index < -0.39 is 10.0 Å². The van der Waals surface area contributed by atoms with Crippen LogP contribution in [0.15, 0.2) is 24.3 Å². The zero-order valence-corrected chi connectivity index (χ0v) is 11.3. The van der Waals surface area contributed by atoms with Crippen molar-refractivity contribution in [2.45, 2.75) is 6.92 Å². The number of hydrogen-bond acceptors (Lipinski definition) is 4. The van der Waals surface area contributed by atoms with Gasteiger partial charge in [0.05, 0.1) is 23.1 Å². The first-order chi connectivity index (χ1) is 8.30. The summed E-state index contributed by atoms with van der Waals surface area (Å²) < 4.78 is 24.5. The van der Waals surface area contributed by atoms with Crippen LogP contribution in [0.4, 0.5) is 11.4 Å². The Balaban J connectivity index is 2.80. The first-order valence-corrected chi connectivity index (χ1v) is 7.25. The molecule has 0 bridgehead atoms. The molecule has 2 aromatic rings. The summed E-state index contributed by atoms with van der Waals surface area (Å²) in [5, 5.41) is 0.730. The number of benzene rings is 1. The van der Waals surface area contributed by atoms with Crippen LogP contribution in [-0.2, 0) is 10.0 Å². The van der Waals surface area contributed by atoms with Gasteiger partial charge in [0.2, 0.25) is 10.0 Å². The lowest BCUT2D eigenvalue weighted by Crippen LogP contribution is -2.26. The summed E-state index contributed by atoms with van der Waals surface area (Å²) >= 11 is 0. The molecule has 0 amide bonds. The third-order valence-corrected chi connectivity index (χ3v) is 4.00. The van der Waals surface area contributed by atoms with Gasteiger partial charge in [-0.1, -0.05) is 0 Å². The minimum Gasteiger partial charge on any atom is -0.397 e. The summed E-state index contributed by atoms with van der Waals surface area (Å²) in [4.78, 5) is 4.36. The molecule has 1 aromatic carbocycles. The Morgan fingerprint density at radius 2 is 1.89 bits per heavy atom. The second kappa shape index (κ2) is 4.13. The molecule has 6 heteroatoms. The van der Waals surface area contributed by atoms with Gasteiger partial charge in [0, 0.05) is 18.1 Å². The molecule has 5 nitrogen and oxygen atoms in total. The standard InChI is InChI=1S/C12H15N3O2S/c1-8-4-5-9-11(14-8)7-6-10(13)12(9)15(2)18(3,16)17/h4-7H,13H2,1-3H3. The highest BCUT2D eigenvalue weighted by atomic mass is 32.2. The van der Waals surface area contributed by atoms with E-state index in [1.165, 1.54) is 11.4 Å². The van der Waals surface area contributed by atoms with Gasteiger partial charge in [-0.3, -0.25) is 9.29 Å². The van der Waals surface area contributed by atoms with Gasteiger partial charge in [-0.25, -0.2) is 8.42 Å². The monoisotopic (exact) mass is 265 g/mol. The van der Waals surface area contributed by atoms with Crippen molar-refractivity contribution in [1.82, 2.24) is 4.98 Å². The molecule has 0 unspecified atom stereocenters. The lowest BCUT2D eigenvalue weighted by Gasteiger charge is -2.20. The Bertz CT molecular complexity index is 711. The fourth-order valence-electron chi connectivity index (χ4n) is 1.82. The second-order valence-electron chi connectivity index (χ2n) is 4.25. The van der Waals surface area contributed by atoms with E-state index in [-0.39, 0.29) is 0 Å². The van der Waals surface area contributed by atoms with Crippen LogP contribution in [0.1, 0.15) is 5.69 Å². The van der Waals surface area contributed by atoms with Gasteiger partial charge >= 0.3 is 0 Å². The molecule has 2 N–H and O–H groups in total. The molecule has 2 rings (SSSR count). The maximum absolute atomic E-state index is 11.6. The van der Waals surface area contributed by atoms with Crippen LogP contribution in [0.25, 0.3) is 10.9 Å². The highest BCUT2D eigenvalue weighted by molar-refractivity contribution is 7.92. The number of nitrogen functional groups attached to an aromatic ring is 1. The molecule has 0 atom stereocenters. The molecule has 0 spiro atoms. The van der Waals surface area contributed by atoms with E-state index in [4.69, 9.17) is 5.73 Å². The Morgan fingerprint density at radius 1 is 1.22 bits per heavy atom. The maximum atomic E-state index is 11.6. The Morgan fingerprint density at radius 3 is 2.50 bits per heavy atom. The summed E-state index contributed by atoms with van der Waals surface area (Å²) in [6.07, 6.45) is 1.15. The summed E-state index contributed by atoms with van der Waals surface area (Å²) in [5.74, 6) is 0. The molecule has 18 heavy (non-hydrogen) atoms. The lowest BCUT2D eigenvalue weighted by atomic mass is 10.1. The molecule has 0 saturated heterocycles. The van der Waals surface area contributed by atoms with Crippen molar-refractivity contribution < 1.29 is 8.42 Å². The Kier molecular flexibility index (Phi) is 2.90. The SMILES string of the molecule is Cc1ccc2c(N(C)S(C)(=O)=O)c(N)ccc2n1. The number of rotatable bonds is 2. The first kappa shape index (κ1) is 12.6. The van der Waals surface area contributed by atoms with Crippen LogP contribution in [0.3, 0.4) is 0 Å². The zero-order valence-electron chi connectivity index (χ0n) is 10.5. The van der Waals surface area contributed by atoms with E-state index >= 15 is 0 Å². The molecule has 0 radical (unpaired) electrons. The molecule has 1 aromatic heterocycles. The summed E-state index contributed by atoms with van der Waals surface area (Å²) in [6, 6.07) is 7.13. The van der Waals surface area contributed by atoms with Crippen LogP contribution >= 0.6 is 0 Å². The molecule has 1 heterocycles. The van der Waals surface area contributed by atoms with Gasteiger partial charge in [0.15, 0.2) is 0 Å². The molecular formula is C12H15N3O2S. The quantitative estimate of drug-likeness (QED) is 0.835. The molecule has 0 aliphatic heterocycles.